The molecule has 1 aromatic heterocycles. The van der Waals surface area contributed by atoms with E-state index in [0.29, 0.717) is 25.3 Å². The molecule has 0 atom stereocenters. The predicted octanol–water partition coefficient (Wildman–Crippen LogP) is 2.02. The Labute approximate surface area is 98.6 Å². The van der Waals surface area contributed by atoms with Crippen LogP contribution in [-0.4, -0.2) is 29.8 Å². The van der Waals surface area contributed by atoms with Crippen LogP contribution in [0.5, 0.6) is 0 Å². The van der Waals surface area contributed by atoms with E-state index in [1.54, 1.807) is 5.38 Å². The summed E-state index contributed by atoms with van der Waals surface area (Å²) in [6, 6.07) is 0. The van der Waals surface area contributed by atoms with Crippen LogP contribution in [0.15, 0.2) is 5.38 Å². The minimum absolute atomic E-state index is 0.0732. The molecule has 1 aromatic rings. The molecule has 0 bridgehead atoms. The molecule has 0 saturated carbocycles. The fraction of sp³-hybridized carbons (Fsp3) is 0.545. The quantitative estimate of drug-likeness (QED) is 0.416. The molecule has 0 fully saturated rings. The zero-order valence-electron chi connectivity index (χ0n) is 9.49. The summed E-state index contributed by atoms with van der Waals surface area (Å²) in [4.78, 5) is 27.0. The number of aromatic nitrogens is 1. The average molecular weight is 241 g/mol. The molecule has 0 aliphatic carbocycles. The summed E-state index contributed by atoms with van der Waals surface area (Å²) in [5.41, 5.74) is 0.396. The highest BCUT2D eigenvalue weighted by Crippen LogP contribution is 2.10. The van der Waals surface area contributed by atoms with Crippen LogP contribution < -0.4 is 0 Å². The second-order valence-corrected chi connectivity index (χ2v) is 4.40. The SMILES string of the molecule is CCOCCC(=O)CC(=O)c1csc(C)n1. The van der Waals surface area contributed by atoms with Crippen molar-refractivity contribution in [3.05, 3.63) is 16.1 Å². The molecule has 0 radical (unpaired) electrons. The lowest BCUT2D eigenvalue weighted by Crippen LogP contribution is -2.11. The number of rotatable bonds is 7. The number of carbonyl (C=O) groups is 2. The zero-order chi connectivity index (χ0) is 12.0. The van der Waals surface area contributed by atoms with Gasteiger partial charge in [-0.15, -0.1) is 11.3 Å². The van der Waals surface area contributed by atoms with Crippen LogP contribution in [0, 0.1) is 6.92 Å². The van der Waals surface area contributed by atoms with Crippen LogP contribution in [0.25, 0.3) is 0 Å². The number of hydrogen-bond donors (Lipinski definition) is 0. The predicted molar refractivity (Wildman–Crippen MR) is 61.9 cm³/mol. The summed E-state index contributed by atoms with van der Waals surface area (Å²) in [6.45, 7) is 4.68. The Morgan fingerprint density at radius 3 is 2.81 bits per heavy atom. The molecule has 0 N–H and O–H groups in total. The molecule has 88 valence electrons. The molecule has 0 saturated heterocycles. The highest BCUT2D eigenvalue weighted by atomic mass is 32.1. The van der Waals surface area contributed by atoms with E-state index >= 15 is 0 Å². The molecule has 0 amide bonds. The Bertz CT molecular complexity index is 373. The van der Waals surface area contributed by atoms with Gasteiger partial charge in [-0.05, 0) is 13.8 Å². The highest BCUT2D eigenvalue weighted by molar-refractivity contribution is 7.09. The average Bonchev–Trinajstić information content (AvgIpc) is 2.65. The second kappa shape index (κ2) is 6.50. The van der Waals surface area contributed by atoms with Gasteiger partial charge < -0.3 is 4.74 Å². The van der Waals surface area contributed by atoms with Gasteiger partial charge in [0.2, 0.25) is 0 Å². The van der Waals surface area contributed by atoms with E-state index in [1.807, 2.05) is 13.8 Å². The van der Waals surface area contributed by atoms with Gasteiger partial charge >= 0.3 is 0 Å². The number of carbonyl (C=O) groups excluding carboxylic acids is 2. The third kappa shape index (κ3) is 4.20. The van der Waals surface area contributed by atoms with Crippen molar-refractivity contribution < 1.29 is 14.3 Å². The molecular weight excluding hydrogens is 226 g/mol. The molecule has 5 heteroatoms. The third-order valence-electron chi connectivity index (χ3n) is 1.99. The normalized spacial score (nSPS) is 10.4. The van der Waals surface area contributed by atoms with Gasteiger partial charge in [0.1, 0.15) is 11.5 Å². The van der Waals surface area contributed by atoms with E-state index in [2.05, 4.69) is 4.98 Å². The molecule has 0 spiro atoms. The molecule has 0 aliphatic rings. The number of aryl methyl sites for hydroxylation is 1. The summed E-state index contributed by atoms with van der Waals surface area (Å²) < 4.78 is 5.05. The van der Waals surface area contributed by atoms with Crippen LogP contribution in [0.1, 0.15) is 35.3 Å². The van der Waals surface area contributed by atoms with Crippen molar-refractivity contribution in [1.82, 2.24) is 4.98 Å². The zero-order valence-corrected chi connectivity index (χ0v) is 10.3. The van der Waals surface area contributed by atoms with Crippen LogP contribution in [0.4, 0.5) is 0 Å². The van der Waals surface area contributed by atoms with E-state index in [-0.39, 0.29) is 18.0 Å². The van der Waals surface area contributed by atoms with Crippen molar-refractivity contribution in [3.8, 4) is 0 Å². The number of hydrogen-bond acceptors (Lipinski definition) is 5. The van der Waals surface area contributed by atoms with E-state index in [9.17, 15) is 9.59 Å². The number of Topliss-reactive ketones (excluding diaryl/α,β-unsaturated/α-hetero) is 2. The first-order chi connectivity index (χ1) is 7.63. The summed E-state index contributed by atoms with van der Waals surface area (Å²) in [6.07, 6.45) is 0.221. The second-order valence-electron chi connectivity index (χ2n) is 3.34. The van der Waals surface area contributed by atoms with Gasteiger partial charge in [0, 0.05) is 18.4 Å². The van der Waals surface area contributed by atoms with Crippen molar-refractivity contribution in [2.45, 2.75) is 26.7 Å². The Hall–Kier alpha value is -1.07. The Balaban J connectivity index is 2.37. The van der Waals surface area contributed by atoms with Crippen molar-refractivity contribution in [1.29, 1.82) is 0 Å². The fourth-order valence-electron chi connectivity index (χ4n) is 1.18. The largest absolute Gasteiger partial charge is 0.381 e. The Morgan fingerprint density at radius 2 is 2.25 bits per heavy atom. The summed E-state index contributed by atoms with van der Waals surface area (Å²) in [5, 5.41) is 2.53. The summed E-state index contributed by atoms with van der Waals surface area (Å²) >= 11 is 1.41. The van der Waals surface area contributed by atoms with Crippen molar-refractivity contribution >= 4 is 22.9 Å². The number of nitrogens with zero attached hydrogens (tertiary/aromatic N) is 1. The Kier molecular flexibility index (Phi) is 5.28. The van der Waals surface area contributed by atoms with Gasteiger partial charge in [0.25, 0.3) is 0 Å². The van der Waals surface area contributed by atoms with E-state index in [1.165, 1.54) is 11.3 Å². The van der Waals surface area contributed by atoms with Gasteiger partial charge in [0.05, 0.1) is 18.0 Å². The van der Waals surface area contributed by atoms with Crippen LogP contribution in [-0.2, 0) is 9.53 Å². The maximum Gasteiger partial charge on any atom is 0.189 e. The van der Waals surface area contributed by atoms with Gasteiger partial charge in [-0.3, -0.25) is 9.59 Å². The number of ketones is 2. The van der Waals surface area contributed by atoms with Gasteiger partial charge in [-0.2, -0.15) is 0 Å². The van der Waals surface area contributed by atoms with Gasteiger partial charge in [-0.1, -0.05) is 0 Å². The lowest BCUT2D eigenvalue weighted by molar-refractivity contribution is -0.119. The molecule has 0 aliphatic heterocycles. The van der Waals surface area contributed by atoms with E-state index in [4.69, 9.17) is 4.74 Å². The standard InChI is InChI=1S/C11H15NO3S/c1-3-15-5-4-9(13)6-11(14)10-7-16-8(2)12-10/h7H,3-6H2,1-2H3. The summed E-state index contributed by atoms with van der Waals surface area (Å²) in [5.74, 6) is -0.296. The van der Waals surface area contributed by atoms with Crippen LogP contribution >= 0.6 is 11.3 Å². The first kappa shape index (κ1) is 13.0. The van der Waals surface area contributed by atoms with Gasteiger partial charge in [0.15, 0.2) is 5.78 Å². The molecule has 1 heterocycles. The molecule has 0 aromatic carbocycles. The minimum Gasteiger partial charge on any atom is -0.381 e. The number of ether oxygens (including phenoxy) is 1. The minimum atomic E-state index is -0.203. The lowest BCUT2D eigenvalue weighted by atomic mass is 10.1. The Morgan fingerprint density at radius 1 is 1.50 bits per heavy atom. The summed E-state index contributed by atoms with van der Waals surface area (Å²) in [7, 11) is 0. The molecular formula is C11H15NO3S. The molecule has 1 rings (SSSR count). The first-order valence-electron chi connectivity index (χ1n) is 5.18. The number of thiazole rings is 1. The fourth-order valence-corrected chi connectivity index (χ4v) is 1.80. The van der Waals surface area contributed by atoms with Gasteiger partial charge in [-0.25, -0.2) is 4.98 Å². The van der Waals surface area contributed by atoms with Crippen molar-refractivity contribution in [2.75, 3.05) is 13.2 Å². The topological polar surface area (TPSA) is 56.3 Å². The third-order valence-corrected chi connectivity index (χ3v) is 2.77. The van der Waals surface area contributed by atoms with E-state index in [0.717, 1.165) is 5.01 Å². The molecule has 4 nitrogen and oxygen atoms in total. The van der Waals surface area contributed by atoms with Crippen LogP contribution in [0.2, 0.25) is 0 Å². The molecule has 16 heavy (non-hydrogen) atoms. The maximum absolute atomic E-state index is 11.6. The highest BCUT2D eigenvalue weighted by Gasteiger charge is 2.13. The van der Waals surface area contributed by atoms with Crippen LogP contribution in [0.3, 0.4) is 0 Å². The monoisotopic (exact) mass is 241 g/mol. The first-order valence-corrected chi connectivity index (χ1v) is 6.06. The smallest absolute Gasteiger partial charge is 0.189 e. The van der Waals surface area contributed by atoms with Crippen molar-refractivity contribution in [3.63, 3.8) is 0 Å². The molecule has 0 unspecified atom stereocenters. The lowest BCUT2D eigenvalue weighted by Gasteiger charge is -1.99. The van der Waals surface area contributed by atoms with Crippen molar-refractivity contribution in [2.24, 2.45) is 0 Å². The maximum atomic E-state index is 11.6. The van der Waals surface area contributed by atoms with E-state index < -0.39 is 0 Å².